The van der Waals surface area contributed by atoms with E-state index in [0.717, 1.165) is 46.7 Å². The summed E-state index contributed by atoms with van der Waals surface area (Å²) in [6.07, 6.45) is 6.11. The fraction of sp³-hybridized carbons (Fsp3) is 0.240. The number of unbranched alkanes of at least 4 members (excludes halogenated alkanes) is 2. The Morgan fingerprint density at radius 3 is 2.65 bits per heavy atom. The Balaban J connectivity index is 1.63. The molecule has 0 fully saturated rings. The van der Waals surface area contributed by atoms with Gasteiger partial charge in [-0.05, 0) is 62.6 Å². The Hall–Kier alpha value is -3.67. The summed E-state index contributed by atoms with van der Waals surface area (Å²) in [6.45, 7) is 2.62. The smallest absolute Gasteiger partial charge is 0.303 e. The first-order chi connectivity index (χ1) is 15.1. The lowest BCUT2D eigenvalue weighted by Crippen LogP contribution is -2.00. The van der Waals surface area contributed by atoms with E-state index in [4.69, 9.17) is 14.8 Å². The molecule has 0 radical (unpaired) electrons. The lowest BCUT2D eigenvalue weighted by molar-refractivity contribution is -0.137. The van der Waals surface area contributed by atoms with E-state index in [-0.39, 0.29) is 6.42 Å². The molecule has 0 aliphatic rings. The number of ether oxygens (including phenoxy) is 1. The van der Waals surface area contributed by atoms with E-state index in [1.54, 1.807) is 6.20 Å². The average molecular weight is 415 g/mol. The lowest BCUT2D eigenvalue weighted by atomic mass is 10.2. The number of aliphatic carboxylic acids is 1. The van der Waals surface area contributed by atoms with Gasteiger partial charge in [-0.25, -0.2) is 4.98 Å². The number of benzene rings is 2. The molecular weight excluding hydrogens is 390 g/mol. The zero-order valence-corrected chi connectivity index (χ0v) is 17.5. The molecule has 0 bridgehead atoms. The van der Waals surface area contributed by atoms with E-state index in [2.05, 4.69) is 40.7 Å². The van der Waals surface area contributed by atoms with Crippen molar-refractivity contribution in [3.8, 4) is 22.8 Å². The number of fused-ring (bicyclic) bond motifs is 1. The summed E-state index contributed by atoms with van der Waals surface area (Å²) in [7, 11) is 0. The number of aromatic nitrogens is 3. The number of hydrogen-bond donors (Lipinski definition) is 1. The van der Waals surface area contributed by atoms with Gasteiger partial charge in [0.15, 0.2) is 0 Å². The fourth-order valence-electron chi connectivity index (χ4n) is 3.53. The van der Waals surface area contributed by atoms with Crippen LogP contribution in [0.5, 0.6) is 5.75 Å². The highest BCUT2D eigenvalue weighted by Gasteiger charge is 2.15. The number of aryl methyl sites for hydroxylation is 1. The minimum Gasteiger partial charge on any atom is -0.494 e. The number of imidazole rings is 1. The molecule has 0 amide bonds. The van der Waals surface area contributed by atoms with Crippen molar-refractivity contribution in [2.24, 2.45) is 0 Å². The number of carbonyl (C=O) groups is 1. The zero-order valence-electron chi connectivity index (χ0n) is 17.5. The summed E-state index contributed by atoms with van der Waals surface area (Å²) in [4.78, 5) is 19.7. The molecule has 0 spiro atoms. The normalized spacial score (nSPS) is 11.0. The van der Waals surface area contributed by atoms with Gasteiger partial charge in [0.2, 0.25) is 0 Å². The molecule has 0 atom stereocenters. The second-order valence-electron chi connectivity index (χ2n) is 7.55. The van der Waals surface area contributed by atoms with Crippen molar-refractivity contribution in [2.75, 3.05) is 6.61 Å². The van der Waals surface area contributed by atoms with Gasteiger partial charge in [-0.2, -0.15) is 0 Å². The van der Waals surface area contributed by atoms with Crippen LogP contribution in [0.1, 0.15) is 31.2 Å². The SMILES string of the molecule is Cc1ccc(-n2c(-c3cccnc3)nc3ccc(OCCCCCC(=O)O)cc32)cc1. The van der Waals surface area contributed by atoms with E-state index in [0.29, 0.717) is 13.0 Å². The maximum Gasteiger partial charge on any atom is 0.303 e. The predicted molar refractivity (Wildman–Crippen MR) is 121 cm³/mol. The van der Waals surface area contributed by atoms with E-state index in [9.17, 15) is 4.79 Å². The van der Waals surface area contributed by atoms with Gasteiger partial charge in [-0.1, -0.05) is 17.7 Å². The highest BCUT2D eigenvalue weighted by Crippen LogP contribution is 2.30. The maximum absolute atomic E-state index is 10.6. The summed E-state index contributed by atoms with van der Waals surface area (Å²) in [5.41, 5.74) is 5.01. The van der Waals surface area contributed by atoms with E-state index < -0.39 is 5.97 Å². The van der Waals surface area contributed by atoms with Crippen LogP contribution in [-0.2, 0) is 4.79 Å². The lowest BCUT2D eigenvalue weighted by Gasteiger charge is -2.11. The number of hydrogen-bond acceptors (Lipinski definition) is 4. The molecule has 4 rings (SSSR count). The van der Waals surface area contributed by atoms with E-state index in [1.807, 2.05) is 36.5 Å². The molecule has 2 aromatic heterocycles. The molecule has 6 nitrogen and oxygen atoms in total. The van der Waals surface area contributed by atoms with Crippen LogP contribution < -0.4 is 4.74 Å². The Morgan fingerprint density at radius 1 is 1.06 bits per heavy atom. The standard InChI is InChI=1S/C25H25N3O3/c1-18-8-10-20(11-9-18)28-23-16-21(31-15-4-2-3-7-24(29)30)12-13-22(23)27-25(28)19-6-5-14-26-17-19/h5-6,8-14,16-17H,2-4,7,15H2,1H3,(H,29,30). The average Bonchev–Trinajstić information content (AvgIpc) is 3.16. The van der Waals surface area contributed by atoms with Crippen LogP contribution >= 0.6 is 0 Å². The van der Waals surface area contributed by atoms with Crippen molar-refractivity contribution in [3.05, 3.63) is 72.6 Å². The molecule has 2 heterocycles. The molecule has 0 saturated heterocycles. The first-order valence-corrected chi connectivity index (χ1v) is 10.5. The first-order valence-electron chi connectivity index (χ1n) is 10.5. The highest BCUT2D eigenvalue weighted by atomic mass is 16.5. The summed E-state index contributed by atoms with van der Waals surface area (Å²) < 4.78 is 8.08. The second-order valence-corrected chi connectivity index (χ2v) is 7.55. The summed E-state index contributed by atoms with van der Waals surface area (Å²) in [5.74, 6) is 0.856. The van der Waals surface area contributed by atoms with Gasteiger partial charge in [0.05, 0.1) is 17.6 Å². The van der Waals surface area contributed by atoms with Crippen molar-refractivity contribution >= 4 is 17.0 Å². The van der Waals surface area contributed by atoms with Crippen LogP contribution in [0.25, 0.3) is 28.1 Å². The Bertz CT molecular complexity index is 1170. The molecule has 4 aromatic rings. The number of nitrogens with zero attached hydrogens (tertiary/aromatic N) is 3. The summed E-state index contributed by atoms with van der Waals surface area (Å²) >= 11 is 0. The van der Waals surface area contributed by atoms with Crippen LogP contribution in [-0.4, -0.2) is 32.2 Å². The molecule has 158 valence electrons. The topological polar surface area (TPSA) is 77.2 Å². The van der Waals surface area contributed by atoms with Gasteiger partial charge < -0.3 is 9.84 Å². The molecular formula is C25H25N3O3. The third-order valence-corrected chi connectivity index (χ3v) is 5.14. The quantitative estimate of drug-likeness (QED) is 0.369. The third kappa shape index (κ3) is 4.91. The zero-order chi connectivity index (χ0) is 21.6. The Labute approximate surface area is 181 Å². The van der Waals surface area contributed by atoms with Crippen LogP contribution in [0.3, 0.4) is 0 Å². The van der Waals surface area contributed by atoms with Gasteiger partial charge >= 0.3 is 5.97 Å². The number of carboxylic acid groups (broad SMARTS) is 1. The molecule has 6 heteroatoms. The van der Waals surface area contributed by atoms with Gasteiger partial charge in [0.1, 0.15) is 11.6 Å². The van der Waals surface area contributed by atoms with Crippen LogP contribution in [0, 0.1) is 6.92 Å². The predicted octanol–water partition coefficient (Wildman–Crippen LogP) is 5.42. The molecule has 1 N–H and O–H groups in total. The Kier molecular flexibility index (Phi) is 6.26. The molecule has 0 aliphatic carbocycles. The van der Waals surface area contributed by atoms with E-state index in [1.165, 1.54) is 5.56 Å². The molecule has 0 saturated carbocycles. The maximum atomic E-state index is 10.6. The molecule has 0 unspecified atom stereocenters. The van der Waals surface area contributed by atoms with Crippen LogP contribution in [0.15, 0.2) is 67.0 Å². The molecule has 31 heavy (non-hydrogen) atoms. The van der Waals surface area contributed by atoms with Gasteiger partial charge in [-0.15, -0.1) is 0 Å². The largest absolute Gasteiger partial charge is 0.494 e. The summed E-state index contributed by atoms with van der Waals surface area (Å²) in [5, 5.41) is 8.72. The molecule has 2 aromatic carbocycles. The van der Waals surface area contributed by atoms with E-state index >= 15 is 0 Å². The minimum absolute atomic E-state index is 0.207. The van der Waals surface area contributed by atoms with Gasteiger partial charge in [0, 0.05) is 36.1 Å². The van der Waals surface area contributed by atoms with Gasteiger partial charge in [-0.3, -0.25) is 14.3 Å². The van der Waals surface area contributed by atoms with Crippen molar-refractivity contribution < 1.29 is 14.6 Å². The fourth-order valence-corrected chi connectivity index (χ4v) is 3.53. The van der Waals surface area contributed by atoms with Crippen molar-refractivity contribution in [1.29, 1.82) is 0 Å². The number of pyridine rings is 1. The monoisotopic (exact) mass is 415 g/mol. The van der Waals surface area contributed by atoms with Crippen LogP contribution in [0.4, 0.5) is 0 Å². The number of carboxylic acids is 1. The van der Waals surface area contributed by atoms with Crippen molar-refractivity contribution in [2.45, 2.75) is 32.6 Å². The first kappa shape index (κ1) is 20.6. The van der Waals surface area contributed by atoms with Crippen LogP contribution in [0.2, 0.25) is 0 Å². The van der Waals surface area contributed by atoms with Crippen molar-refractivity contribution in [1.82, 2.24) is 14.5 Å². The third-order valence-electron chi connectivity index (χ3n) is 5.14. The van der Waals surface area contributed by atoms with Gasteiger partial charge in [0.25, 0.3) is 0 Å². The van der Waals surface area contributed by atoms with Crippen molar-refractivity contribution in [3.63, 3.8) is 0 Å². The highest BCUT2D eigenvalue weighted by molar-refractivity contribution is 5.84. The number of rotatable bonds is 9. The molecule has 0 aliphatic heterocycles. The minimum atomic E-state index is -0.750. The Morgan fingerprint density at radius 2 is 1.90 bits per heavy atom. The summed E-state index contributed by atoms with van der Waals surface area (Å²) in [6, 6.07) is 18.2. The second kappa shape index (κ2) is 9.43.